The molecule has 0 bridgehead atoms. The fraction of sp³-hybridized carbons (Fsp3) is 0.962. The Kier molecular flexibility index (Phi) is 15.8. The Hall–Kier alpha value is -0.610. The van der Waals surface area contributed by atoms with E-state index in [1.54, 1.807) is 0 Å². The fourth-order valence-electron chi connectivity index (χ4n) is 3.75. The molecule has 0 aromatic heterocycles. The van der Waals surface area contributed by atoms with E-state index in [0.29, 0.717) is 18.9 Å². The van der Waals surface area contributed by atoms with E-state index in [1.807, 2.05) is 27.7 Å². The lowest BCUT2D eigenvalue weighted by Crippen LogP contribution is -2.41. The minimum Gasteiger partial charge on any atom is -0.461 e. The summed E-state index contributed by atoms with van der Waals surface area (Å²) in [6.07, 6.45) is 9.22. The predicted molar refractivity (Wildman–Crippen MR) is 127 cm³/mol. The summed E-state index contributed by atoms with van der Waals surface area (Å²) in [4.78, 5) is 12.6. The molecule has 0 N–H and O–H groups in total. The van der Waals surface area contributed by atoms with Gasteiger partial charge >= 0.3 is 5.97 Å². The molecule has 6 atom stereocenters. The summed E-state index contributed by atoms with van der Waals surface area (Å²) >= 11 is 0. The number of carbonyl (C=O) groups excluding carboxylic acids is 1. The monoisotopic (exact) mass is 428 g/mol. The molecule has 0 fully saturated rings. The molecule has 0 aromatic rings. The lowest BCUT2D eigenvalue weighted by molar-refractivity contribution is -0.177. The number of rotatable bonds is 18. The third-order valence-corrected chi connectivity index (χ3v) is 6.44. The van der Waals surface area contributed by atoms with Gasteiger partial charge in [-0.3, -0.25) is 0 Å². The average Bonchev–Trinajstić information content (AvgIpc) is 2.73. The Morgan fingerprint density at radius 2 is 1.47 bits per heavy atom. The summed E-state index contributed by atoms with van der Waals surface area (Å²) in [6, 6.07) is 0. The Balaban J connectivity index is 4.38. The quantitative estimate of drug-likeness (QED) is 0.217. The van der Waals surface area contributed by atoms with E-state index in [-0.39, 0.29) is 24.8 Å². The summed E-state index contributed by atoms with van der Waals surface area (Å²) in [5.74, 6) is 1.76. The van der Waals surface area contributed by atoms with Gasteiger partial charge in [-0.05, 0) is 64.2 Å². The van der Waals surface area contributed by atoms with E-state index < -0.39 is 5.60 Å². The second-order valence-electron chi connectivity index (χ2n) is 9.75. The first kappa shape index (κ1) is 29.4. The second-order valence-corrected chi connectivity index (χ2v) is 9.75. The summed E-state index contributed by atoms with van der Waals surface area (Å²) < 4.78 is 17.4. The molecule has 0 amide bonds. The van der Waals surface area contributed by atoms with Gasteiger partial charge in [-0.15, -0.1) is 0 Å². The van der Waals surface area contributed by atoms with Crippen molar-refractivity contribution in [1.82, 2.24) is 0 Å². The van der Waals surface area contributed by atoms with Gasteiger partial charge in [0.1, 0.15) is 6.61 Å². The maximum atomic E-state index is 12.6. The highest BCUT2D eigenvalue weighted by Gasteiger charge is 2.35. The predicted octanol–water partition coefficient (Wildman–Crippen LogP) is 7.19. The van der Waals surface area contributed by atoms with Gasteiger partial charge in [0, 0.05) is 0 Å². The molecule has 0 heterocycles. The van der Waals surface area contributed by atoms with Gasteiger partial charge in [-0.25, -0.2) is 4.79 Å². The van der Waals surface area contributed by atoms with Crippen molar-refractivity contribution in [2.45, 2.75) is 131 Å². The molecule has 0 spiro atoms. The van der Waals surface area contributed by atoms with Crippen molar-refractivity contribution < 1.29 is 19.0 Å². The van der Waals surface area contributed by atoms with Crippen molar-refractivity contribution in [2.75, 3.05) is 13.2 Å². The van der Waals surface area contributed by atoms with Crippen molar-refractivity contribution >= 4 is 5.97 Å². The minimum absolute atomic E-state index is 0.106. The molecule has 0 saturated heterocycles. The molecule has 180 valence electrons. The molecular weight excluding hydrogens is 376 g/mol. The highest BCUT2D eigenvalue weighted by atomic mass is 16.6. The maximum Gasteiger partial charge on any atom is 0.338 e. The van der Waals surface area contributed by atoms with Crippen LogP contribution in [-0.4, -0.2) is 37.0 Å². The molecule has 0 rings (SSSR count). The van der Waals surface area contributed by atoms with Gasteiger partial charge < -0.3 is 14.2 Å². The van der Waals surface area contributed by atoms with E-state index in [1.165, 1.54) is 32.1 Å². The van der Waals surface area contributed by atoms with Crippen LogP contribution in [0.4, 0.5) is 0 Å². The van der Waals surface area contributed by atoms with Crippen LogP contribution in [0.2, 0.25) is 0 Å². The summed E-state index contributed by atoms with van der Waals surface area (Å²) in [5.41, 5.74) is -0.885. The Morgan fingerprint density at radius 3 is 2.00 bits per heavy atom. The third-order valence-electron chi connectivity index (χ3n) is 6.44. The van der Waals surface area contributed by atoms with Gasteiger partial charge in [-0.2, -0.15) is 0 Å². The fourth-order valence-corrected chi connectivity index (χ4v) is 3.75. The van der Waals surface area contributed by atoms with Gasteiger partial charge in [0.05, 0.1) is 18.8 Å². The molecule has 0 aliphatic carbocycles. The molecule has 0 aliphatic rings. The van der Waals surface area contributed by atoms with Crippen molar-refractivity contribution in [1.29, 1.82) is 0 Å². The van der Waals surface area contributed by atoms with Crippen LogP contribution in [0.1, 0.15) is 114 Å². The van der Waals surface area contributed by atoms with Crippen molar-refractivity contribution in [3.05, 3.63) is 0 Å². The largest absolute Gasteiger partial charge is 0.461 e. The van der Waals surface area contributed by atoms with Crippen molar-refractivity contribution in [2.24, 2.45) is 17.8 Å². The van der Waals surface area contributed by atoms with E-state index in [2.05, 4.69) is 34.6 Å². The molecule has 0 radical (unpaired) electrons. The number of hydrogen-bond acceptors (Lipinski definition) is 4. The zero-order valence-corrected chi connectivity index (χ0v) is 21.6. The van der Waals surface area contributed by atoms with Crippen LogP contribution in [0.25, 0.3) is 0 Å². The topological polar surface area (TPSA) is 44.8 Å². The highest BCUT2D eigenvalue weighted by Crippen LogP contribution is 2.26. The van der Waals surface area contributed by atoms with Crippen LogP contribution in [0.15, 0.2) is 0 Å². The average molecular weight is 429 g/mol. The van der Waals surface area contributed by atoms with Gasteiger partial charge in [-0.1, -0.05) is 67.2 Å². The minimum atomic E-state index is -0.885. The molecule has 6 unspecified atom stereocenters. The van der Waals surface area contributed by atoms with Crippen molar-refractivity contribution in [3.8, 4) is 0 Å². The first-order valence-corrected chi connectivity index (χ1v) is 12.6. The van der Waals surface area contributed by atoms with Crippen LogP contribution < -0.4 is 0 Å². The SMILES string of the molecule is CCCC(CC)CC(C)CCC(C)COC(C)(CC)C(=O)OCC(C)OC(C)CC. The number of ether oxygens (including phenoxy) is 3. The summed E-state index contributed by atoms with van der Waals surface area (Å²) in [6.45, 7) is 19.9. The number of esters is 1. The molecule has 0 aliphatic heterocycles. The molecule has 4 nitrogen and oxygen atoms in total. The van der Waals surface area contributed by atoms with Crippen LogP contribution >= 0.6 is 0 Å². The van der Waals surface area contributed by atoms with Crippen LogP contribution in [0, 0.1) is 17.8 Å². The summed E-state index contributed by atoms with van der Waals surface area (Å²) in [7, 11) is 0. The molecular formula is C26H52O4. The zero-order chi connectivity index (χ0) is 23.2. The maximum absolute atomic E-state index is 12.6. The molecule has 4 heteroatoms. The number of hydrogen-bond donors (Lipinski definition) is 0. The molecule has 0 saturated carbocycles. The second kappa shape index (κ2) is 16.1. The van der Waals surface area contributed by atoms with E-state index in [0.717, 1.165) is 24.7 Å². The Morgan fingerprint density at radius 1 is 0.833 bits per heavy atom. The normalized spacial score (nSPS) is 18.8. The Labute approximate surface area is 187 Å². The first-order valence-electron chi connectivity index (χ1n) is 12.6. The third kappa shape index (κ3) is 12.3. The van der Waals surface area contributed by atoms with E-state index >= 15 is 0 Å². The first-order chi connectivity index (χ1) is 14.1. The van der Waals surface area contributed by atoms with Gasteiger partial charge in [0.2, 0.25) is 0 Å². The van der Waals surface area contributed by atoms with Crippen LogP contribution in [-0.2, 0) is 19.0 Å². The van der Waals surface area contributed by atoms with Gasteiger partial charge in [0.25, 0.3) is 0 Å². The summed E-state index contributed by atoms with van der Waals surface area (Å²) in [5, 5.41) is 0. The van der Waals surface area contributed by atoms with Gasteiger partial charge in [0.15, 0.2) is 5.60 Å². The smallest absolute Gasteiger partial charge is 0.338 e. The molecule has 30 heavy (non-hydrogen) atoms. The highest BCUT2D eigenvalue weighted by molar-refractivity contribution is 5.79. The van der Waals surface area contributed by atoms with E-state index in [4.69, 9.17) is 14.2 Å². The van der Waals surface area contributed by atoms with E-state index in [9.17, 15) is 4.79 Å². The number of carbonyl (C=O) groups is 1. The van der Waals surface area contributed by atoms with Crippen molar-refractivity contribution in [3.63, 3.8) is 0 Å². The Bertz CT molecular complexity index is 439. The standard InChI is InChI=1S/C26H52O4/c1-10-14-24(12-3)17-20(5)15-16-21(6)18-29-26(9,13-4)25(27)28-19-23(8)30-22(7)11-2/h20-24H,10-19H2,1-9H3. The lowest BCUT2D eigenvalue weighted by Gasteiger charge is -2.29. The lowest BCUT2D eigenvalue weighted by atomic mass is 9.86. The van der Waals surface area contributed by atoms with Crippen LogP contribution in [0.3, 0.4) is 0 Å². The molecule has 0 aromatic carbocycles. The zero-order valence-electron chi connectivity index (χ0n) is 21.6. The van der Waals surface area contributed by atoms with Crippen LogP contribution in [0.5, 0.6) is 0 Å².